The molecule has 0 atom stereocenters. The Bertz CT molecular complexity index is 1090. The van der Waals surface area contributed by atoms with E-state index in [0.29, 0.717) is 12.2 Å². The Hall–Kier alpha value is -3.05. The average Bonchev–Trinajstić information content (AvgIpc) is 2.69. The number of anilines is 1. The molecule has 4 aromatic rings. The van der Waals surface area contributed by atoms with Gasteiger partial charge in [-0.05, 0) is 35.4 Å². The third kappa shape index (κ3) is 4.38. The van der Waals surface area contributed by atoms with E-state index in [1.165, 1.54) is 5.56 Å². The van der Waals surface area contributed by atoms with Crippen molar-refractivity contribution in [3.05, 3.63) is 100 Å². The smallest absolute Gasteiger partial charge is 0.169 e. The van der Waals surface area contributed by atoms with Crippen LogP contribution in [-0.4, -0.2) is 16.2 Å². The van der Waals surface area contributed by atoms with Crippen LogP contribution in [0.3, 0.4) is 0 Å². The Balaban J connectivity index is 1.65. The SMILES string of the molecule is Brc1cccc(/C=N\Nc2nc3ccccc3nc2Cc2ccccc2)c1. The van der Waals surface area contributed by atoms with Crippen LogP contribution in [0.15, 0.2) is 88.4 Å². The zero-order chi connectivity index (χ0) is 18.5. The molecule has 0 spiro atoms. The van der Waals surface area contributed by atoms with Gasteiger partial charge in [-0.2, -0.15) is 5.10 Å². The van der Waals surface area contributed by atoms with Gasteiger partial charge in [0.25, 0.3) is 0 Å². The van der Waals surface area contributed by atoms with Gasteiger partial charge in [-0.15, -0.1) is 0 Å². The molecule has 1 N–H and O–H groups in total. The van der Waals surface area contributed by atoms with E-state index in [1.807, 2.05) is 66.7 Å². The van der Waals surface area contributed by atoms with Crippen molar-refractivity contribution < 1.29 is 0 Å². The minimum absolute atomic E-state index is 0.670. The lowest BCUT2D eigenvalue weighted by Gasteiger charge is -2.09. The first-order chi connectivity index (χ1) is 13.3. The predicted octanol–water partition coefficient (Wildman–Crippen LogP) is 5.43. The van der Waals surface area contributed by atoms with Crippen molar-refractivity contribution in [1.82, 2.24) is 9.97 Å². The topological polar surface area (TPSA) is 50.2 Å². The van der Waals surface area contributed by atoms with Gasteiger partial charge in [0.05, 0.1) is 22.9 Å². The van der Waals surface area contributed by atoms with E-state index in [9.17, 15) is 0 Å². The van der Waals surface area contributed by atoms with E-state index in [-0.39, 0.29) is 0 Å². The van der Waals surface area contributed by atoms with Crippen molar-refractivity contribution >= 4 is 39.0 Å². The zero-order valence-corrected chi connectivity index (χ0v) is 16.1. The Morgan fingerprint density at radius 2 is 1.59 bits per heavy atom. The second-order valence-corrected chi connectivity index (χ2v) is 7.01. The Kier molecular flexibility index (Phi) is 5.21. The summed E-state index contributed by atoms with van der Waals surface area (Å²) in [7, 11) is 0. The molecule has 0 radical (unpaired) electrons. The molecule has 0 aliphatic rings. The van der Waals surface area contributed by atoms with Gasteiger partial charge in [0.1, 0.15) is 0 Å². The number of hydrogen-bond donors (Lipinski definition) is 1. The van der Waals surface area contributed by atoms with Gasteiger partial charge < -0.3 is 0 Å². The molecule has 1 heterocycles. The summed E-state index contributed by atoms with van der Waals surface area (Å²) < 4.78 is 1.02. The lowest BCUT2D eigenvalue weighted by molar-refractivity contribution is 1.06. The summed E-state index contributed by atoms with van der Waals surface area (Å²) in [5, 5.41) is 4.36. The highest BCUT2D eigenvalue weighted by Crippen LogP contribution is 2.20. The number of aromatic nitrogens is 2. The first kappa shape index (κ1) is 17.4. The van der Waals surface area contributed by atoms with Crippen molar-refractivity contribution in [3.8, 4) is 0 Å². The number of nitrogens with one attached hydrogen (secondary N) is 1. The monoisotopic (exact) mass is 416 g/mol. The number of rotatable bonds is 5. The molecular weight excluding hydrogens is 400 g/mol. The highest BCUT2D eigenvalue weighted by molar-refractivity contribution is 9.10. The maximum atomic E-state index is 4.80. The molecule has 0 saturated heterocycles. The van der Waals surface area contributed by atoms with Crippen LogP contribution in [0.25, 0.3) is 11.0 Å². The van der Waals surface area contributed by atoms with Crippen molar-refractivity contribution in [2.45, 2.75) is 6.42 Å². The van der Waals surface area contributed by atoms with Crippen LogP contribution in [0.2, 0.25) is 0 Å². The largest absolute Gasteiger partial charge is 0.260 e. The molecule has 0 aliphatic carbocycles. The van der Waals surface area contributed by atoms with Crippen LogP contribution in [0.5, 0.6) is 0 Å². The van der Waals surface area contributed by atoms with Crippen LogP contribution in [0.4, 0.5) is 5.82 Å². The standard InChI is InChI=1S/C22H17BrN4/c23-18-10-6-9-17(13-18)15-24-27-22-21(14-16-7-2-1-3-8-16)25-19-11-4-5-12-20(19)26-22/h1-13,15H,14H2,(H,26,27)/b24-15-. The minimum atomic E-state index is 0.670. The third-order valence-corrected chi connectivity index (χ3v) is 4.58. The molecule has 0 unspecified atom stereocenters. The Labute approximate surface area is 166 Å². The number of benzene rings is 3. The van der Waals surface area contributed by atoms with Gasteiger partial charge in [0.15, 0.2) is 5.82 Å². The van der Waals surface area contributed by atoms with Crippen LogP contribution in [-0.2, 0) is 6.42 Å². The molecule has 132 valence electrons. The fourth-order valence-corrected chi connectivity index (χ4v) is 3.21. The number of fused-ring (bicyclic) bond motifs is 1. The summed E-state index contributed by atoms with van der Waals surface area (Å²) in [6.45, 7) is 0. The van der Waals surface area contributed by atoms with Crippen molar-refractivity contribution in [3.63, 3.8) is 0 Å². The minimum Gasteiger partial charge on any atom is -0.260 e. The summed E-state index contributed by atoms with van der Waals surface area (Å²) in [6.07, 6.45) is 2.46. The molecule has 0 amide bonds. The van der Waals surface area contributed by atoms with E-state index in [0.717, 1.165) is 26.8 Å². The molecule has 1 aromatic heterocycles. The van der Waals surface area contributed by atoms with Crippen molar-refractivity contribution in [2.24, 2.45) is 5.10 Å². The molecular formula is C22H17BrN4. The number of para-hydroxylation sites is 2. The second-order valence-electron chi connectivity index (χ2n) is 6.10. The van der Waals surface area contributed by atoms with Crippen molar-refractivity contribution in [1.29, 1.82) is 0 Å². The number of halogens is 1. The first-order valence-corrected chi connectivity index (χ1v) is 9.41. The van der Waals surface area contributed by atoms with Gasteiger partial charge in [0.2, 0.25) is 0 Å². The molecule has 4 nitrogen and oxygen atoms in total. The quantitative estimate of drug-likeness (QED) is 0.348. The Morgan fingerprint density at radius 3 is 2.37 bits per heavy atom. The molecule has 0 saturated carbocycles. The van der Waals surface area contributed by atoms with Gasteiger partial charge in [-0.1, -0.05) is 70.5 Å². The van der Waals surface area contributed by atoms with Crippen LogP contribution in [0, 0.1) is 0 Å². The average molecular weight is 417 g/mol. The van der Waals surface area contributed by atoms with Gasteiger partial charge in [0, 0.05) is 10.9 Å². The highest BCUT2D eigenvalue weighted by atomic mass is 79.9. The zero-order valence-electron chi connectivity index (χ0n) is 14.5. The molecule has 0 bridgehead atoms. The maximum absolute atomic E-state index is 4.80. The summed E-state index contributed by atoms with van der Waals surface area (Å²) >= 11 is 3.47. The van der Waals surface area contributed by atoms with E-state index < -0.39 is 0 Å². The van der Waals surface area contributed by atoms with Crippen LogP contribution < -0.4 is 5.43 Å². The normalized spacial score (nSPS) is 11.1. The summed E-state index contributed by atoms with van der Waals surface area (Å²) in [6, 6.07) is 26.1. The molecule has 4 rings (SSSR count). The van der Waals surface area contributed by atoms with Gasteiger partial charge in [-0.3, -0.25) is 5.43 Å². The molecule has 27 heavy (non-hydrogen) atoms. The van der Waals surface area contributed by atoms with E-state index in [2.05, 4.69) is 38.6 Å². The molecule has 3 aromatic carbocycles. The van der Waals surface area contributed by atoms with E-state index in [4.69, 9.17) is 9.97 Å². The van der Waals surface area contributed by atoms with Crippen LogP contribution in [0.1, 0.15) is 16.8 Å². The van der Waals surface area contributed by atoms with Gasteiger partial charge >= 0.3 is 0 Å². The number of hydrogen-bond acceptors (Lipinski definition) is 4. The first-order valence-electron chi connectivity index (χ1n) is 8.62. The maximum Gasteiger partial charge on any atom is 0.169 e. The summed E-state index contributed by atoms with van der Waals surface area (Å²) in [4.78, 5) is 9.53. The number of hydrazone groups is 1. The summed E-state index contributed by atoms with van der Waals surface area (Å²) in [5.41, 5.74) is 7.84. The fourth-order valence-electron chi connectivity index (χ4n) is 2.79. The van der Waals surface area contributed by atoms with Gasteiger partial charge in [-0.25, -0.2) is 9.97 Å². The lowest BCUT2D eigenvalue weighted by atomic mass is 10.1. The van der Waals surface area contributed by atoms with E-state index in [1.54, 1.807) is 6.21 Å². The number of nitrogens with zero attached hydrogens (tertiary/aromatic N) is 3. The second kappa shape index (κ2) is 8.10. The van der Waals surface area contributed by atoms with Crippen LogP contribution >= 0.6 is 15.9 Å². The predicted molar refractivity (Wildman–Crippen MR) is 114 cm³/mol. The lowest BCUT2D eigenvalue weighted by Crippen LogP contribution is -2.03. The fraction of sp³-hybridized carbons (Fsp3) is 0.0455. The summed E-state index contributed by atoms with van der Waals surface area (Å²) in [5.74, 6) is 0.670. The van der Waals surface area contributed by atoms with Crippen molar-refractivity contribution in [2.75, 3.05) is 5.43 Å². The third-order valence-electron chi connectivity index (χ3n) is 4.09. The highest BCUT2D eigenvalue weighted by Gasteiger charge is 2.09. The molecule has 0 fully saturated rings. The Morgan fingerprint density at radius 1 is 0.852 bits per heavy atom. The molecule has 5 heteroatoms. The molecule has 0 aliphatic heterocycles. The van der Waals surface area contributed by atoms with E-state index >= 15 is 0 Å².